The Balaban J connectivity index is 1.45. The average Bonchev–Trinajstić information content (AvgIpc) is 3.01. The van der Waals surface area contributed by atoms with Crippen LogP contribution in [0, 0.1) is 0 Å². The van der Waals surface area contributed by atoms with Crippen LogP contribution in [-0.2, 0) is 19.4 Å². The zero-order valence-corrected chi connectivity index (χ0v) is 12.4. The van der Waals surface area contributed by atoms with E-state index in [2.05, 4.69) is 57.1 Å². The van der Waals surface area contributed by atoms with E-state index in [1.165, 1.54) is 5.56 Å². The molecule has 1 aliphatic rings. The second-order valence-electron chi connectivity index (χ2n) is 5.55. The van der Waals surface area contributed by atoms with Crippen LogP contribution in [0.15, 0.2) is 36.5 Å². The highest BCUT2D eigenvalue weighted by Crippen LogP contribution is 2.04. The van der Waals surface area contributed by atoms with Crippen LogP contribution >= 0.6 is 0 Å². The molecular formula is C16H23N5. The fraction of sp³-hybridized carbons (Fsp3) is 0.500. The van der Waals surface area contributed by atoms with Crippen molar-refractivity contribution in [3.05, 3.63) is 47.8 Å². The van der Waals surface area contributed by atoms with Crippen molar-refractivity contribution in [3.63, 3.8) is 0 Å². The summed E-state index contributed by atoms with van der Waals surface area (Å²) in [7, 11) is 0. The summed E-state index contributed by atoms with van der Waals surface area (Å²) in [5.41, 5.74) is 2.44. The van der Waals surface area contributed by atoms with E-state index >= 15 is 0 Å². The number of benzene rings is 1. The quantitative estimate of drug-likeness (QED) is 0.859. The summed E-state index contributed by atoms with van der Waals surface area (Å²) in [5.74, 6) is 0. The Morgan fingerprint density at radius 3 is 2.62 bits per heavy atom. The van der Waals surface area contributed by atoms with Gasteiger partial charge in [-0.3, -0.25) is 9.58 Å². The van der Waals surface area contributed by atoms with Crippen LogP contribution in [0.3, 0.4) is 0 Å². The lowest BCUT2D eigenvalue weighted by Crippen LogP contribution is -2.44. The first kappa shape index (κ1) is 14.2. The van der Waals surface area contributed by atoms with E-state index < -0.39 is 0 Å². The van der Waals surface area contributed by atoms with Gasteiger partial charge in [0.1, 0.15) is 0 Å². The normalized spacial score (nSPS) is 16.2. The van der Waals surface area contributed by atoms with Crippen molar-refractivity contribution < 1.29 is 0 Å². The Morgan fingerprint density at radius 2 is 1.81 bits per heavy atom. The molecule has 0 atom stereocenters. The summed E-state index contributed by atoms with van der Waals surface area (Å²) in [6.07, 6.45) is 4.07. The third kappa shape index (κ3) is 4.37. The van der Waals surface area contributed by atoms with Gasteiger partial charge in [-0.25, -0.2) is 0 Å². The van der Waals surface area contributed by atoms with Crippen molar-refractivity contribution in [3.8, 4) is 0 Å². The molecule has 2 heterocycles. The van der Waals surface area contributed by atoms with Gasteiger partial charge in [0.2, 0.25) is 0 Å². The molecule has 1 saturated heterocycles. The van der Waals surface area contributed by atoms with Gasteiger partial charge in [-0.05, 0) is 18.4 Å². The molecule has 1 aromatic carbocycles. The third-order valence-corrected chi connectivity index (χ3v) is 3.95. The molecule has 0 bridgehead atoms. The monoisotopic (exact) mass is 285 g/mol. The second kappa shape index (κ2) is 7.33. The van der Waals surface area contributed by atoms with Gasteiger partial charge >= 0.3 is 0 Å². The number of nitrogens with one attached hydrogen (secondary N) is 1. The second-order valence-corrected chi connectivity index (χ2v) is 5.55. The Kier molecular flexibility index (Phi) is 4.97. The Labute approximate surface area is 126 Å². The van der Waals surface area contributed by atoms with Crippen LogP contribution in [0.1, 0.15) is 11.3 Å². The number of hydrogen-bond donors (Lipinski definition) is 1. The Morgan fingerprint density at radius 1 is 1.00 bits per heavy atom. The highest BCUT2D eigenvalue weighted by molar-refractivity contribution is 5.15. The lowest BCUT2D eigenvalue weighted by Gasteiger charge is -2.26. The summed E-state index contributed by atoms with van der Waals surface area (Å²) >= 11 is 0. The maximum Gasteiger partial charge on any atom is 0.0830 e. The summed E-state index contributed by atoms with van der Waals surface area (Å²) in [6, 6.07) is 10.5. The highest BCUT2D eigenvalue weighted by atomic mass is 15.4. The third-order valence-electron chi connectivity index (χ3n) is 3.95. The maximum atomic E-state index is 4.28. The summed E-state index contributed by atoms with van der Waals surface area (Å²) in [4.78, 5) is 2.47. The summed E-state index contributed by atoms with van der Waals surface area (Å²) in [5, 5.41) is 11.9. The topological polar surface area (TPSA) is 46.0 Å². The summed E-state index contributed by atoms with van der Waals surface area (Å²) < 4.78 is 1.97. The molecule has 1 aromatic heterocycles. The van der Waals surface area contributed by atoms with E-state index in [0.717, 1.165) is 57.8 Å². The SMILES string of the molecule is c1ccc(CCc2cn(CCN3CCNCC3)nn2)cc1. The molecule has 2 aromatic rings. The molecule has 1 N–H and O–H groups in total. The smallest absolute Gasteiger partial charge is 0.0830 e. The van der Waals surface area contributed by atoms with Gasteiger partial charge < -0.3 is 5.32 Å². The molecule has 0 radical (unpaired) electrons. The van der Waals surface area contributed by atoms with Crippen LogP contribution in [0.2, 0.25) is 0 Å². The molecule has 5 nitrogen and oxygen atoms in total. The van der Waals surface area contributed by atoms with Crippen molar-refractivity contribution in [1.82, 2.24) is 25.2 Å². The average molecular weight is 285 g/mol. The van der Waals surface area contributed by atoms with E-state index in [0.29, 0.717) is 0 Å². The number of hydrogen-bond acceptors (Lipinski definition) is 4. The first-order valence-electron chi connectivity index (χ1n) is 7.76. The largest absolute Gasteiger partial charge is 0.314 e. The van der Waals surface area contributed by atoms with Crippen LogP contribution in [0.5, 0.6) is 0 Å². The number of nitrogens with zero attached hydrogens (tertiary/aromatic N) is 4. The Bertz CT molecular complexity index is 531. The lowest BCUT2D eigenvalue weighted by atomic mass is 10.1. The van der Waals surface area contributed by atoms with Crippen LogP contribution in [0.25, 0.3) is 0 Å². The number of piperazine rings is 1. The zero-order valence-electron chi connectivity index (χ0n) is 12.4. The molecule has 0 amide bonds. The molecule has 5 heteroatoms. The van der Waals surface area contributed by atoms with Crippen molar-refractivity contribution in [1.29, 1.82) is 0 Å². The van der Waals surface area contributed by atoms with Crippen LogP contribution in [-0.4, -0.2) is 52.6 Å². The van der Waals surface area contributed by atoms with Crippen molar-refractivity contribution >= 4 is 0 Å². The number of rotatable bonds is 6. The Hall–Kier alpha value is -1.72. The highest BCUT2D eigenvalue weighted by Gasteiger charge is 2.09. The number of aryl methyl sites for hydroxylation is 2. The molecular weight excluding hydrogens is 262 g/mol. The summed E-state index contributed by atoms with van der Waals surface area (Å²) in [6.45, 7) is 6.45. The lowest BCUT2D eigenvalue weighted by molar-refractivity contribution is 0.228. The minimum Gasteiger partial charge on any atom is -0.314 e. The molecule has 0 aliphatic carbocycles. The first-order valence-corrected chi connectivity index (χ1v) is 7.76. The van der Waals surface area contributed by atoms with Gasteiger partial charge in [-0.2, -0.15) is 0 Å². The predicted octanol–water partition coefficient (Wildman–Crippen LogP) is 0.968. The molecule has 0 spiro atoms. The van der Waals surface area contributed by atoms with Gasteiger partial charge in [0, 0.05) is 38.9 Å². The molecule has 1 aliphatic heterocycles. The molecule has 0 unspecified atom stereocenters. The molecule has 21 heavy (non-hydrogen) atoms. The molecule has 3 rings (SSSR count). The maximum absolute atomic E-state index is 4.28. The minimum absolute atomic E-state index is 0.929. The van der Waals surface area contributed by atoms with Gasteiger partial charge in [0.05, 0.1) is 12.2 Å². The number of aromatic nitrogens is 3. The van der Waals surface area contributed by atoms with E-state index in [9.17, 15) is 0 Å². The van der Waals surface area contributed by atoms with E-state index in [1.807, 2.05) is 4.68 Å². The van der Waals surface area contributed by atoms with E-state index in [4.69, 9.17) is 0 Å². The van der Waals surface area contributed by atoms with Crippen molar-refractivity contribution in [2.75, 3.05) is 32.7 Å². The fourth-order valence-corrected chi connectivity index (χ4v) is 2.66. The molecule has 112 valence electrons. The van der Waals surface area contributed by atoms with Crippen LogP contribution in [0.4, 0.5) is 0 Å². The van der Waals surface area contributed by atoms with Gasteiger partial charge in [0.15, 0.2) is 0 Å². The minimum atomic E-state index is 0.929. The van der Waals surface area contributed by atoms with Gasteiger partial charge in [-0.15, -0.1) is 5.10 Å². The zero-order chi connectivity index (χ0) is 14.3. The molecule has 1 fully saturated rings. The van der Waals surface area contributed by atoms with E-state index in [1.54, 1.807) is 0 Å². The van der Waals surface area contributed by atoms with Crippen molar-refractivity contribution in [2.24, 2.45) is 0 Å². The van der Waals surface area contributed by atoms with Crippen LogP contribution < -0.4 is 5.32 Å². The predicted molar refractivity (Wildman–Crippen MR) is 83.2 cm³/mol. The fourth-order valence-electron chi connectivity index (χ4n) is 2.66. The standard InChI is InChI=1S/C16H23N5/c1-2-4-15(5-3-1)6-7-16-14-21(19-18-16)13-12-20-10-8-17-9-11-20/h1-5,14,17H,6-13H2. The van der Waals surface area contributed by atoms with E-state index in [-0.39, 0.29) is 0 Å². The van der Waals surface area contributed by atoms with Crippen molar-refractivity contribution in [2.45, 2.75) is 19.4 Å². The van der Waals surface area contributed by atoms with Gasteiger partial charge in [0.25, 0.3) is 0 Å². The van der Waals surface area contributed by atoms with Gasteiger partial charge in [-0.1, -0.05) is 35.5 Å². The first-order chi connectivity index (χ1) is 10.4. The molecule has 0 saturated carbocycles.